The SMILES string of the molecule is CC(C)CNc1ccnc(C(=O)N2CCOCC2)c1. The van der Waals surface area contributed by atoms with Gasteiger partial charge in [-0.15, -0.1) is 0 Å². The first kappa shape index (κ1) is 13.8. The molecule has 5 heteroatoms. The molecular formula is C14H21N3O2. The lowest BCUT2D eigenvalue weighted by Crippen LogP contribution is -2.41. The zero-order valence-electron chi connectivity index (χ0n) is 11.6. The predicted molar refractivity (Wildman–Crippen MR) is 74.3 cm³/mol. The van der Waals surface area contributed by atoms with E-state index in [0.717, 1.165) is 12.2 Å². The van der Waals surface area contributed by atoms with Gasteiger partial charge in [0.05, 0.1) is 13.2 Å². The molecule has 1 N–H and O–H groups in total. The first-order chi connectivity index (χ1) is 9.16. The van der Waals surface area contributed by atoms with E-state index in [1.54, 1.807) is 11.1 Å². The lowest BCUT2D eigenvalue weighted by atomic mass is 10.2. The van der Waals surface area contributed by atoms with E-state index in [9.17, 15) is 4.79 Å². The second-order valence-electron chi connectivity index (χ2n) is 5.11. The lowest BCUT2D eigenvalue weighted by Gasteiger charge is -2.26. The van der Waals surface area contributed by atoms with Crippen LogP contribution in [0.25, 0.3) is 0 Å². The van der Waals surface area contributed by atoms with Crippen LogP contribution in [0.4, 0.5) is 5.69 Å². The Morgan fingerprint density at radius 1 is 1.47 bits per heavy atom. The van der Waals surface area contributed by atoms with Gasteiger partial charge in [0.15, 0.2) is 0 Å². The summed E-state index contributed by atoms with van der Waals surface area (Å²) in [6, 6.07) is 3.71. The number of amides is 1. The summed E-state index contributed by atoms with van der Waals surface area (Å²) >= 11 is 0. The van der Waals surface area contributed by atoms with Gasteiger partial charge in [-0.1, -0.05) is 13.8 Å². The Balaban J connectivity index is 2.02. The van der Waals surface area contributed by atoms with Crippen molar-refractivity contribution in [3.63, 3.8) is 0 Å². The molecule has 1 aromatic heterocycles. The van der Waals surface area contributed by atoms with Crippen molar-refractivity contribution < 1.29 is 9.53 Å². The van der Waals surface area contributed by atoms with Crippen molar-refractivity contribution in [2.75, 3.05) is 38.2 Å². The maximum absolute atomic E-state index is 12.3. The fourth-order valence-electron chi connectivity index (χ4n) is 1.91. The molecule has 0 saturated carbocycles. The highest BCUT2D eigenvalue weighted by Crippen LogP contribution is 2.11. The number of morpholine rings is 1. The maximum atomic E-state index is 12.3. The van der Waals surface area contributed by atoms with Gasteiger partial charge in [-0.05, 0) is 18.1 Å². The Morgan fingerprint density at radius 2 is 2.21 bits per heavy atom. The second kappa shape index (κ2) is 6.52. The van der Waals surface area contributed by atoms with Gasteiger partial charge in [0, 0.05) is 31.5 Å². The average Bonchev–Trinajstić information content (AvgIpc) is 2.45. The standard InChI is InChI=1S/C14H21N3O2/c1-11(2)10-16-12-3-4-15-13(9-12)14(18)17-5-7-19-8-6-17/h3-4,9,11H,5-8,10H2,1-2H3,(H,15,16). The number of nitrogens with zero attached hydrogens (tertiary/aromatic N) is 2. The number of nitrogens with one attached hydrogen (secondary N) is 1. The van der Waals surface area contributed by atoms with Crippen LogP contribution in [0.15, 0.2) is 18.3 Å². The molecule has 0 bridgehead atoms. The molecule has 1 saturated heterocycles. The Kier molecular flexibility index (Phi) is 4.74. The van der Waals surface area contributed by atoms with Crippen LogP contribution in [0.2, 0.25) is 0 Å². The van der Waals surface area contributed by atoms with Crippen molar-refractivity contribution in [1.82, 2.24) is 9.88 Å². The molecule has 1 aliphatic heterocycles. The summed E-state index contributed by atoms with van der Waals surface area (Å²) in [5.41, 5.74) is 1.44. The second-order valence-corrected chi connectivity index (χ2v) is 5.11. The van der Waals surface area contributed by atoms with Crippen molar-refractivity contribution >= 4 is 11.6 Å². The van der Waals surface area contributed by atoms with Crippen LogP contribution in [-0.4, -0.2) is 48.6 Å². The molecule has 0 atom stereocenters. The number of ether oxygens (including phenoxy) is 1. The number of pyridine rings is 1. The Bertz CT molecular complexity index is 428. The van der Waals surface area contributed by atoms with Crippen molar-refractivity contribution in [2.24, 2.45) is 5.92 Å². The third-order valence-corrected chi connectivity index (χ3v) is 2.99. The summed E-state index contributed by atoms with van der Waals surface area (Å²) in [4.78, 5) is 18.2. The number of aromatic nitrogens is 1. The van der Waals surface area contributed by atoms with Crippen molar-refractivity contribution in [3.8, 4) is 0 Å². The van der Waals surface area contributed by atoms with E-state index in [4.69, 9.17) is 4.74 Å². The molecule has 104 valence electrons. The summed E-state index contributed by atoms with van der Waals surface area (Å²) < 4.78 is 5.25. The van der Waals surface area contributed by atoms with Gasteiger partial charge in [0.2, 0.25) is 0 Å². The quantitative estimate of drug-likeness (QED) is 0.897. The number of anilines is 1. The molecule has 1 aliphatic rings. The third-order valence-electron chi connectivity index (χ3n) is 2.99. The van der Waals surface area contributed by atoms with Crippen LogP contribution < -0.4 is 5.32 Å². The van der Waals surface area contributed by atoms with Crippen LogP contribution in [0.3, 0.4) is 0 Å². The number of carbonyl (C=O) groups is 1. The van der Waals surface area contributed by atoms with Gasteiger partial charge in [-0.25, -0.2) is 0 Å². The zero-order chi connectivity index (χ0) is 13.7. The predicted octanol–water partition coefficient (Wildman–Crippen LogP) is 1.62. The van der Waals surface area contributed by atoms with Crippen molar-refractivity contribution in [2.45, 2.75) is 13.8 Å². The number of hydrogen-bond donors (Lipinski definition) is 1. The molecule has 0 aromatic carbocycles. The molecule has 1 aromatic rings. The molecule has 1 amide bonds. The van der Waals surface area contributed by atoms with Gasteiger partial charge >= 0.3 is 0 Å². The number of rotatable bonds is 4. The largest absolute Gasteiger partial charge is 0.385 e. The van der Waals surface area contributed by atoms with Crippen molar-refractivity contribution in [3.05, 3.63) is 24.0 Å². The fourth-order valence-corrected chi connectivity index (χ4v) is 1.91. The van der Waals surface area contributed by atoms with E-state index in [1.165, 1.54) is 0 Å². The normalized spacial score (nSPS) is 15.6. The lowest BCUT2D eigenvalue weighted by molar-refractivity contribution is 0.0299. The van der Waals surface area contributed by atoms with Gasteiger partial charge in [0.1, 0.15) is 5.69 Å². The first-order valence-corrected chi connectivity index (χ1v) is 6.74. The van der Waals surface area contributed by atoms with Crippen LogP contribution in [0, 0.1) is 5.92 Å². The van der Waals surface area contributed by atoms with Crippen molar-refractivity contribution in [1.29, 1.82) is 0 Å². The maximum Gasteiger partial charge on any atom is 0.272 e. The summed E-state index contributed by atoms with van der Waals surface area (Å²) in [6.07, 6.45) is 1.68. The Morgan fingerprint density at radius 3 is 2.89 bits per heavy atom. The molecular weight excluding hydrogens is 242 g/mol. The molecule has 19 heavy (non-hydrogen) atoms. The fraction of sp³-hybridized carbons (Fsp3) is 0.571. The number of carbonyl (C=O) groups excluding carboxylic acids is 1. The molecule has 1 fully saturated rings. The highest BCUT2D eigenvalue weighted by atomic mass is 16.5. The molecule has 0 radical (unpaired) electrons. The molecule has 2 rings (SSSR count). The molecule has 0 spiro atoms. The topological polar surface area (TPSA) is 54.5 Å². The molecule has 0 unspecified atom stereocenters. The highest BCUT2D eigenvalue weighted by Gasteiger charge is 2.19. The summed E-state index contributed by atoms with van der Waals surface area (Å²) in [6.45, 7) is 7.68. The van der Waals surface area contributed by atoms with E-state index < -0.39 is 0 Å². The van der Waals surface area contributed by atoms with E-state index in [-0.39, 0.29) is 5.91 Å². The summed E-state index contributed by atoms with van der Waals surface area (Å²) in [7, 11) is 0. The Hall–Kier alpha value is -1.62. The van der Waals surface area contributed by atoms with Gasteiger partial charge < -0.3 is 15.0 Å². The smallest absolute Gasteiger partial charge is 0.272 e. The monoisotopic (exact) mass is 263 g/mol. The molecule has 5 nitrogen and oxygen atoms in total. The van der Waals surface area contributed by atoms with Crippen LogP contribution >= 0.6 is 0 Å². The summed E-state index contributed by atoms with van der Waals surface area (Å²) in [5, 5.41) is 3.31. The highest BCUT2D eigenvalue weighted by molar-refractivity contribution is 5.93. The van der Waals surface area contributed by atoms with Crippen LogP contribution in [0.1, 0.15) is 24.3 Å². The zero-order valence-corrected chi connectivity index (χ0v) is 11.6. The average molecular weight is 263 g/mol. The first-order valence-electron chi connectivity index (χ1n) is 6.74. The van der Waals surface area contributed by atoms with E-state index >= 15 is 0 Å². The Labute approximate surface area is 114 Å². The minimum atomic E-state index is -0.0171. The van der Waals surface area contributed by atoms with E-state index in [1.807, 2.05) is 12.1 Å². The van der Waals surface area contributed by atoms with E-state index in [2.05, 4.69) is 24.1 Å². The van der Waals surface area contributed by atoms with Gasteiger partial charge in [0.25, 0.3) is 5.91 Å². The number of hydrogen-bond acceptors (Lipinski definition) is 4. The molecule has 2 heterocycles. The van der Waals surface area contributed by atoms with Crippen LogP contribution in [-0.2, 0) is 4.74 Å². The molecule has 0 aliphatic carbocycles. The van der Waals surface area contributed by atoms with Crippen LogP contribution in [0.5, 0.6) is 0 Å². The minimum absolute atomic E-state index is 0.0171. The minimum Gasteiger partial charge on any atom is -0.385 e. The van der Waals surface area contributed by atoms with Gasteiger partial charge in [-0.2, -0.15) is 0 Å². The van der Waals surface area contributed by atoms with Gasteiger partial charge in [-0.3, -0.25) is 9.78 Å². The third kappa shape index (κ3) is 3.92. The van der Waals surface area contributed by atoms with E-state index in [0.29, 0.717) is 37.9 Å². The summed E-state index contributed by atoms with van der Waals surface area (Å²) in [5.74, 6) is 0.544.